The summed E-state index contributed by atoms with van der Waals surface area (Å²) in [4.78, 5) is 0. The van der Waals surface area contributed by atoms with E-state index in [1.54, 1.807) is 4.68 Å². The first-order valence-corrected chi connectivity index (χ1v) is 6.04. The van der Waals surface area contributed by atoms with Crippen LogP contribution in [0.1, 0.15) is 18.7 Å². The molecule has 0 N–H and O–H groups in total. The van der Waals surface area contributed by atoms with Gasteiger partial charge in [-0.15, -0.1) is 5.10 Å². The average Bonchev–Trinajstić information content (AvgIpc) is 2.47. The minimum absolute atomic E-state index is 0.0119. The second kappa shape index (κ2) is 2.80. The second-order valence-electron chi connectivity index (χ2n) is 3.27. The van der Waals surface area contributed by atoms with Gasteiger partial charge in [0.25, 0.3) is 0 Å². The maximum absolute atomic E-state index is 10.9. The monoisotopic (exact) mass is 201 g/mol. The molecule has 1 aromatic heterocycles. The predicted octanol–water partition coefficient (Wildman–Crippen LogP) is -0.190. The Balaban J connectivity index is 2.11. The van der Waals surface area contributed by atoms with Gasteiger partial charge in [0.05, 0.1) is 23.2 Å². The lowest BCUT2D eigenvalue weighted by Gasteiger charge is -2.24. The van der Waals surface area contributed by atoms with Crippen molar-refractivity contribution in [2.45, 2.75) is 19.4 Å². The summed E-state index contributed by atoms with van der Waals surface area (Å²) in [5.74, 6) is 0.416. The fourth-order valence-corrected chi connectivity index (χ4v) is 2.72. The third kappa shape index (κ3) is 1.58. The van der Waals surface area contributed by atoms with E-state index in [-0.39, 0.29) is 17.5 Å². The molecule has 0 bridgehead atoms. The molecular formula is C7H11N3O2S. The van der Waals surface area contributed by atoms with Crippen molar-refractivity contribution in [3.8, 4) is 0 Å². The Morgan fingerprint density at radius 1 is 1.62 bits per heavy atom. The zero-order chi connectivity index (χ0) is 9.47. The van der Waals surface area contributed by atoms with Crippen molar-refractivity contribution in [3.63, 3.8) is 0 Å². The molecule has 72 valence electrons. The zero-order valence-corrected chi connectivity index (χ0v) is 8.16. The van der Waals surface area contributed by atoms with E-state index in [4.69, 9.17) is 0 Å². The van der Waals surface area contributed by atoms with E-state index >= 15 is 0 Å². The van der Waals surface area contributed by atoms with Crippen LogP contribution in [0.2, 0.25) is 0 Å². The Labute approximate surface area is 76.7 Å². The van der Waals surface area contributed by atoms with Gasteiger partial charge in [-0.3, -0.25) is 0 Å². The van der Waals surface area contributed by atoms with Crippen LogP contribution in [-0.2, 0) is 16.3 Å². The number of rotatable bonds is 2. The molecule has 0 aliphatic carbocycles. The molecule has 1 saturated heterocycles. The zero-order valence-electron chi connectivity index (χ0n) is 7.34. The minimum Gasteiger partial charge on any atom is -0.247 e. The number of hydrogen-bond acceptors (Lipinski definition) is 4. The SMILES string of the molecule is CCc1cn(C2CS(=O)(=O)C2)nn1. The Bertz CT molecular complexity index is 397. The summed E-state index contributed by atoms with van der Waals surface area (Å²) >= 11 is 0. The van der Waals surface area contributed by atoms with Crippen molar-refractivity contribution in [3.05, 3.63) is 11.9 Å². The topological polar surface area (TPSA) is 64.8 Å². The first-order chi connectivity index (χ1) is 6.11. The molecule has 2 heterocycles. The minimum atomic E-state index is -2.76. The third-order valence-electron chi connectivity index (χ3n) is 2.19. The van der Waals surface area contributed by atoms with Crippen LogP contribution in [0.15, 0.2) is 6.20 Å². The van der Waals surface area contributed by atoms with Gasteiger partial charge in [0.2, 0.25) is 0 Å². The highest BCUT2D eigenvalue weighted by atomic mass is 32.2. The normalized spacial score (nSPS) is 21.3. The van der Waals surface area contributed by atoms with Gasteiger partial charge in [0, 0.05) is 6.20 Å². The molecule has 5 nitrogen and oxygen atoms in total. The van der Waals surface area contributed by atoms with Crippen molar-refractivity contribution in [2.75, 3.05) is 11.5 Å². The van der Waals surface area contributed by atoms with E-state index in [0.717, 1.165) is 12.1 Å². The number of aryl methyl sites for hydroxylation is 1. The van der Waals surface area contributed by atoms with Gasteiger partial charge in [-0.1, -0.05) is 12.1 Å². The average molecular weight is 201 g/mol. The van der Waals surface area contributed by atoms with Crippen LogP contribution in [-0.4, -0.2) is 34.9 Å². The van der Waals surface area contributed by atoms with E-state index in [9.17, 15) is 8.42 Å². The fraction of sp³-hybridized carbons (Fsp3) is 0.714. The van der Waals surface area contributed by atoms with Crippen molar-refractivity contribution in [2.24, 2.45) is 0 Å². The number of nitrogens with zero attached hydrogens (tertiary/aromatic N) is 3. The van der Waals surface area contributed by atoms with Crippen LogP contribution in [0.25, 0.3) is 0 Å². The molecule has 0 amide bonds. The summed E-state index contributed by atoms with van der Waals surface area (Å²) in [5, 5.41) is 7.78. The molecule has 1 aliphatic rings. The predicted molar refractivity (Wildman–Crippen MR) is 47.1 cm³/mol. The Morgan fingerprint density at radius 3 is 2.77 bits per heavy atom. The molecule has 1 aliphatic heterocycles. The second-order valence-corrected chi connectivity index (χ2v) is 5.43. The molecule has 1 aromatic rings. The molecule has 0 radical (unpaired) electrons. The maximum Gasteiger partial charge on any atom is 0.154 e. The summed E-state index contributed by atoms with van der Waals surface area (Å²) in [6, 6.07) is 0.0119. The largest absolute Gasteiger partial charge is 0.247 e. The molecule has 0 atom stereocenters. The quantitative estimate of drug-likeness (QED) is 0.665. The number of aromatic nitrogens is 3. The molecule has 6 heteroatoms. The van der Waals surface area contributed by atoms with Crippen LogP contribution >= 0.6 is 0 Å². The van der Waals surface area contributed by atoms with E-state index in [1.807, 2.05) is 13.1 Å². The molecule has 0 aromatic carbocycles. The number of sulfone groups is 1. The van der Waals surface area contributed by atoms with E-state index < -0.39 is 9.84 Å². The van der Waals surface area contributed by atoms with Crippen molar-refractivity contribution >= 4 is 9.84 Å². The molecule has 13 heavy (non-hydrogen) atoms. The molecule has 0 saturated carbocycles. The highest BCUT2D eigenvalue weighted by molar-refractivity contribution is 7.92. The summed E-state index contributed by atoms with van der Waals surface area (Å²) in [5.41, 5.74) is 0.907. The summed E-state index contributed by atoms with van der Waals surface area (Å²) in [6.45, 7) is 1.99. The van der Waals surface area contributed by atoms with Crippen LogP contribution in [0.4, 0.5) is 0 Å². The summed E-state index contributed by atoms with van der Waals surface area (Å²) in [6.07, 6.45) is 2.65. The van der Waals surface area contributed by atoms with Gasteiger partial charge in [-0.25, -0.2) is 13.1 Å². The Morgan fingerprint density at radius 2 is 2.31 bits per heavy atom. The lowest BCUT2D eigenvalue weighted by atomic mass is 10.3. The first-order valence-electron chi connectivity index (χ1n) is 4.22. The lowest BCUT2D eigenvalue weighted by molar-refractivity contribution is 0.463. The van der Waals surface area contributed by atoms with Gasteiger partial charge in [-0.2, -0.15) is 0 Å². The van der Waals surface area contributed by atoms with Gasteiger partial charge in [0.15, 0.2) is 9.84 Å². The Kier molecular flexibility index (Phi) is 1.87. The standard InChI is InChI=1S/C7H11N3O2S/c1-2-6-3-10(9-8-6)7-4-13(11,12)5-7/h3,7H,2,4-5H2,1H3. The fourth-order valence-electron chi connectivity index (χ4n) is 1.34. The Hall–Kier alpha value is -0.910. The lowest BCUT2D eigenvalue weighted by Crippen LogP contribution is -2.38. The first kappa shape index (κ1) is 8.68. The smallest absolute Gasteiger partial charge is 0.154 e. The van der Waals surface area contributed by atoms with E-state index in [2.05, 4.69) is 10.3 Å². The van der Waals surface area contributed by atoms with E-state index in [0.29, 0.717) is 0 Å². The van der Waals surface area contributed by atoms with Crippen LogP contribution in [0.5, 0.6) is 0 Å². The highest BCUT2D eigenvalue weighted by Crippen LogP contribution is 2.22. The summed E-state index contributed by atoms with van der Waals surface area (Å²) < 4.78 is 23.4. The van der Waals surface area contributed by atoms with Gasteiger partial charge < -0.3 is 0 Å². The number of hydrogen-bond donors (Lipinski definition) is 0. The molecule has 0 spiro atoms. The molecule has 1 fully saturated rings. The molecule has 0 unspecified atom stereocenters. The van der Waals surface area contributed by atoms with Gasteiger partial charge in [0.1, 0.15) is 0 Å². The van der Waals surface area contributed by atoms with E-state index in [1.165, 1.54) is 0 Å². The summed E-state index contributed by atoms with van der Waals surface area (Å²) in [7, 11) is -2.76. The van der Waals surface area contributed by atoms with Gasteiger partial charge in [-0.05, 0) is 6.42 Å². The van der Waals surface area contributed by atoms with Crippen LogP contribution < -0.4 is 0 Å². The molecular weight excluding hydrogens is 190 g/mol. The van der Waals surface area contributed by atoms with Crippen molar-refractivity contribution in [1.82, 2.24) is 15.0 Å². The molecule has 2 rings (SSSR count). The van der Waals surface area contributed by atoms with Gasteiger partial charge >= 0.3 is 0 Å². The maximum atomic E-state index is 10.9. The third-order valence-corrected chi connectivity index (χ3v) is 3.97. The van der Waals surface area contributed by atoms with Crippen molar-refractivity contribution < 1.29 is 8.42 Å². The van der Waals surface area contributed by atoms with Crippen molar-refractivity contribution in [1.29, 1.82) is 0 Å². The van der Waals surface area contributed by atoms with Crippen LogP contribution in [0.3, 0.4) is 0 Å². The van der Waals surface area contributed by atoms with Crippen LogP contribution in [0, 0.1) is 0 Å². The highest BCUT2D eigenvalue weighted by Gasteiger charge is 2.35.